The molecule has 130 valence electrons. The maximum Gasteiger partial charge on any atom is 0.251 e. The Labute approximate surface area is 159 Å². The topological polar surface area (TPSA) is 49.3 Å². The van der Waals surface area contributed by atoms with Gasteiger partial charge in [-0.2, -0.15) is 11.3 Å². The van der Waals surface area contributed by atoms with E-state index in [1.807, 2.05) is 59.3 Å². The van der Waals surface area contributed by atoms with Crippen LogP contribution in [0.4, 0.5) is 0 Å². The Hall–Kier alpha value is -2.47. The van der Waals surface area contributed by atoms with Crippen molar-refractivity contribution < 1.29 is 9.90 Å². The van der Waals surface area contributed by atoms with E-state index in [0.717, 1.165) is 26.8 Å². The molecule has 2 heterocycles. The Morgan fingerprint density at radius 2 is 1.81 bits per heavy atom. The molecule has 0 fully saturated rings. The van der Waals surface area contributed by atoms with Crippen LogP contribution >= 0.6 is 22.7 Å². The van der Waals surface area contributed by atoms with Crippen LogP contribution in [0.25, 0.3) is 21.2 Å². The van der Waals surface area contributed by atoms with Crippen LogP contribution in [-0.4, -0.2) is 17.6 Å². The lowest BCUT2D eigenvalue weighted by Gasteiger charge is -2.12. The van der Waals surface area contributed by atoms with Gasteiger partial charge in [0.05, 0.1) is 6.10 Å². The van der Waals surface area contributed by atoms with E-state index < -0.39 is 6.10 Å². The van der Waals surface area contributed by atoms with Gasteiger partial charge in [-0.1, -0.05) is 30.3 Å². The molecule has 3 nitrogen and oxygen atoms in total. The summed E-state index contributed by atoms with van der Waals surface area (Å²) in [6, 6.07) is 17.5. The van der Waals surface area contributed by atoms with Gasteiger partial charge < -0.3 is 10.4 Å². The van der Waals surface area contributed by atoms with Crippen LogP contribution in [0.15, 0.2) is 70.7 Å². The van der Waals surface area contributed by atoms with Gasteiger partial charge in [-0.05, 0) is 56.9 Å². The van der Waals surface area contributed by atoms with E-state index in [-0.39, 0.29) is 12.5 Å². The van der Waals surface area contributed by atoms with Crippen LogP contribution in [0.3, 0.4) is 0 Å². The fourth-order valence-electron chi connectivity index (χ4n) is 2.90. The highest BCUT2D eigenvalue weighted by atomic mass is 32.1. The predicted molar refractivity (Wildman–Crippen MR) is 109 cm³/mol. The Kier molecular flexibility index (Phi) is 4.84. The Morgan fingerprint density at radius 3 is 2.58 bits per heavy atom. The number of aliphatic hydroxyl groups excluding tert-OH is 1. The fourth-order valence-corrected chi connectivity index (χ4v) is 4.57. The summed E-state index contributed by atoms with van der Waals surface area (Å²) in [7, 11) is 0. The minimum Gasteiger partial charge on any atom is -0.387 e. The molecule has 0 saturated heterocycles. The number of rotatable bonds is 5. The number of hydrogen-bond acceptors (Lipinski definition) is 4. The minimum absolute atomic E-state index is 0.180. The zero-order valence-corrected chi connectivity index (χ0v) is 15.5. The van der Waals surface area contributed by atoms with Crippen molar-refractivity contribution in [1.29, 1.82) is 0 Å². The number of aliphatic hydroxyl groups is 1. The lowest BCUT2D eigenvalue weighted by Crippen LogP contribution is -2.28. The number of hydrogen-bond donors (Lipinski definition) is 2. The van der Waals surface area contributed by atoms with Crippen molar-refractivity contribution in [1.82, 2.24) is 5.32 Å². The average Bonchev–Trinajstić information content (AvgIpc) is 3.36. The van der Waals surface area contributed by atoms with Gasteiger partial charge in [0, 0.05) is 22.4 Å². The number of thiophene rings is 2. The summed E-state index contributed by atoms with van der Waals surface area (Å²) < 4.78 is 1.14. The molecule has 2 aromatic heterocycles. The Bertz CT molecular complexity index is 1020. The van der Waals surface area contributed by atoms with Crippen molar-refractivity contribution in [3.63, 3.8) is 0 Å². The van der Waals surface area contributed by atoms with Gasteiger partial charge in [0.1, 0.15) is 0 Å². The van der Waals surface area contributed by atoms with Gasteiger partial charge in [0.25, 0.3) is 5.91 Å². The lowest BCUT2D eigenvalue weighted by atomic mass is 10.1. The summed E-state index contributed by atoms with van der Waals surface area (Å²) >= 11 is 3.25. The standard InChI is InChI=1S/C21H17NO2S2/c23-19(18-13-26-20-4-2-1-3-17(18)20)11-22-21(24)15-7-5-14(6-8-15)16-9-10-25-12-16/h1-10,12-13,19,23H,11H2,(H,22,24). The van der Waals surface area contributed by atoms with Crippen molar-refractivity contribution >= 4 is 38.7 Å². The van der Waals surface area contributed by atoms with E-state index in [2.05, 4.69) is 16.8 Å². The highest BCUT2D eigenvalue weighted by Crippen LogP contribution is 2.30. The fraction of sp³-hybridized carbons (Fsp3) is 0.0952. The third kappa shape index (κ3) is 3.42. The van der Waals surface area contributed by atoms with Gasteiger partial charge in [-0.3, -0.25) is 4.79 Å². The summed E-state index contributed by atoms with van der Waals surface area (Å²) in [4.78, 5) is 12.4. The highest BCUT2D eigenvalue weighted by Gasteiger charge is 2.15. The van der Waals surface area contributed by atoms with Gasteiger partial charge in [-0.15, -0.1) is 11.3 Å². The van der Waals surface area contributed by atoms with Crippen LogP contribution < -0.4 is 5.32 Å². The average molecular weight is 380 g/mol. The zero-order chi connectivity index (χ0) is 17.9. The molecular formula is C21H17NO2S2. The van der Waals surface area contributed by atoms with Gasteiger partial charge in [0.15, 0.2) is 0 Å². The first kappa shape index (κ1) is 17.0. The molecule has 26 heavy (non-hydrogen) atoms. The Morgan fingerprint density at radius 1 is 1.00 bits per heavy atom. The van der Waals surface area contributed by atoms with Crippen LogP contribution in [0.5, 0.6) is 0 Å². The first-order valence-corrected chi connectivity index (χ1v) is 10.1. The summed E-state index contributed by atoms with van der Waals surface area (Å²) in [6.07, 6.45) is -0.722. The highest BCUT2D eigenvalue weighted by molar-refractivity contribution is 7.17. The minimum atomic E-state index is -0.722. The van der Waals surface area contributed by atoms with Crippen molar-refractivity contribution in [2.45, 2.75) is 6.10 Å². The third-order valence-corrected chi connectivity index (χ3v) is 5.99. The lowest BCUT2D eigenvalue weighted by molar-refractivity contribution is 0.0917. The first-order valence-electron chi connectivity index (χ1n) is 8.27. The van der Waals surface area contributed by atoms with E-state index in [9.17, 15) is 9.90 Å². The van der Waals surface area contributed by atoms with Crippen molar-refractivity contribution in [3.8, 4) is 11.1 Å². The predicted octanol–water partition coefficient (Wildman–Crippen LogP) is 5.09. The molecule has 0 aliphatic carbocycles. The number of nitrogens with one attached hydrogen (secondary N) is 1. The SMILES string of the molecule is O=C(NCC(O)c1csc2ccccc12)c1ccc(-c2ccsc2)cc1. The zero-order valence-electron chi connectivity index (χ0n) is 13.9. The number of benzene rings is 2. The molecule has 5 heteroatoms. The molecule has 0 spiro atoms. The molecule has 1 atom stereocenters. The maximum atomic E-state index is 12.4. The molecule has 4 aromatic rings. The van der Waals surface area contributed by atoms with E-state index in [1.165, 1.54) is 0 Å². The van der Waals surface area contributed by atoms with E-state index in [4.69, 9.17) is 0 Å². The molecule has 0 aliphatic rings. The normalized spacial score (nSPS) is 12.2. The first-order chi connectivity index (χ1) is 12.7. The number of fused-ring (bicyclic) bond motifs is 1. The molecule has 2 aromatic carbocycles. The number of carbonyl (C=O) groups is 1. The van der Waals surface area contributed by atoms with Crippen LogP contribution in [0.2, 0.25) is 0 Å². The second kappa shape index (κ2) is 7.41. The van der Waals surface area contributed by atoms with Crippen molar-refractivity contribution in [2.24, 2.45) is 0 Å². The monoisotopic (exact) mass is 379 g/mol. The van der Waals surface area contributed by atoms with Crippen LogP contribution in [0.1, 0.15) is 22.0 Å². The number of carbonyl (C=O) groups excluding carboxylic acids is 1. The molecule has 4 rings (SSSR count). The van der Waals surface area contributed by atoms with Crippen molar-refractivity contribution in [2.75, 3.05) is 6.54 Å². The van der Waals surface area contributed by atoms with Crippen LogP contribution in [-0.2, 0) is 0 Å². The maximum absolute atomic E-state index is 12.4. The second-order valence-corrected chi connectivity index (χ2v) is 7.69. The summed E-state index contributed by atoms with van der Waals surface area (Å²) in [5.41, 5.74) is 3.69. The largest absolute Gasteiger partial charge is 0.387 e. The molecule has 2 N–H and O–H groups in total. The van der Waals surface area contributed by atoms with Gasteiger partial charge >= 0.3 is 0 Å². The van der Waals surface area contributed by atoms with Gasteiger partial charge in [0.2, 0.25) is 0 Å². The quantitative estimate of drug-likeness (QED) is 0.507. The molecule has 0 saturated carbocycles. The molecule has 0 bridgehead atoms. The Balaban J connectivity index is 1.42. The summed E-state index contributed by atoms with van der Waals surface area (Å²) in [5.74, 6) is -0.180. The number of amides is 1. The van der Waals surface area contributed by atoms with E-state index in [1.54, 1.807) is 22.7 Å². The van der Waals surface area contributed by atoms with Gasteiger partial charge in [-0.25, -0.2) is 0 Å². The third-order valence-electron chi connectivity index (χ3n) is 4.33. The van der Waals surface area contributed by atoms with E-state index >= 15 is 0 Å². The summed E-state index contributed by atoms with van der Waals surface area (Å²) in [6.45, 7) is 0.186. The van der Waals surface area contributed by atoms with Crippen molar-refractivity contribution in [3.05, 3.63) is 81.9 Å². The molecule has 1 amide bonds. The summed E-state index contributed by atoms with van der Waals surface area (Å²) in [5, 5.41) is 20.4. The molecule has 0 radical (unpaired) electrons. The smallest absolute Gasteiger partial charge is 0.251 e. The second-order valence-electron chi connectivity index (χ2n) is 6.00. The molecule has 1 unspecified atom stereocenters. The van der Waals surface area contributed by atoms with Crippen LogP contribution in [0, 0.1) is 0 Å². The van der Waals surface area contributed by atoms with E-state index in [0.29, 0.717) is 5.56 Å². The molecule has 0 aliphatic heterocycles. The molecular weight excluding hydrogens is 362 g/mol.